The minimum absolute atomic E-state index is 0.720. The molecule has 1 saturated carbocycles. The first-order valence-corrected chi connectivity index (χ1v) is 7.24. The number of hydrogen-bond donors (Lipinski definition) is 0. The Morgan fingerprint density at radius 2 is 1.78 bits per heavy atom. The fourth-order valence-electron chi connectivity index (χ4n) is 3.18. The topological polar surface area (TPSA) is 23.8 Å². The fourth-order valence-corrected chi connectivity index (χ4v) is 3.18. The summed E-state index contributed by atoms with van der Waals surface area (Å²) in [6, 6.07) is 10.4. The van der Waals surface area contributed by atoms with Gasteiger partial charge in [-0.3, -0.25) is 0 Å². The Bertz CT molecular complexity index is 404. The Kier molecular flexibility index (Phi) is 4.42. The zero-order valence-corrected chi connectivity index (χ0v) is 11.5. The van der Waals surface area contributed by atoms with E-state index in [0.717, 1.165) is 23.3 Å². The van der Waals surface area contributed by atoms with Crippen LogP contribution in [-0.4, -0.2) is 0 Å². The van der Waals surface area contributed by atoms with Crippen LogP contribution in [0.2, 0.25) is 0 Å². The van der Waals surface area contributed by atoms with Crippen LogP contribution in [0, 0.1) is 23.2 Å². The lowest BCUT2D eigenvalue weighted by Gasteiger charge is -2.32. The lowest BCUT2D eigenvalue weighted by Crippen LogP contribution is -2.18. The summed E-state index contributed by atoms with van der Waals surface area (Å²) in [7, 11) is 0. The second kappa shape index (κ2) is 6.05. The highest BCUT2D eigenvalue weighted by Gasteiger charge is 2.25. The van der Waals surface area contributed by atoms with E-state index in [1.54, 1.807) is 0 Å². The quantitative estimate of drug-likeness (QED) is 0.740. The van der Waals surface area contributed by atoms with Crippen LogP contribution in [0.5, 0.6) is 0 Å². The van der Waals surface area contributed by atoms with Gasteiger partial charge < -0.3 is 0 Å². The zero-order chi connectivity index (χ0) is 13.0. The van der Waals surface area contributed by atoms with Gasteiger partial charge >= 0.3 is 0 Å². The number of nitriles is 1. The Balaban J connectivity index is 1.95. The molecule has 1 aliphatic rings. The van der Waals surface area contributed by atoms with Crippen LogP contribution < -0.4 is 0 Å². The summed E-state index contributed by atoms with van der Waals surface area (Å²) in [5.41, 5.74) is 2.20. The predicted octanol–water partition coefficient (Wildman–Crippen LogP) is 4.88. The van der Waals surface area contributed by atoms with Crippen molar-refractivity contribution < 1.29 is 0 Å². The first-order valence-electron chi connectivity index (χ1n) is 7.24. The fraction of sp³-hybridized carbons (Fsp3) is 0.588. The van der Waals surface area contributed by atoms with Crippen molar-refractivity contribution in [3.8, 4) is 6.07 Å². The van der Waals surface area contributed by atoms with Crippen LogP contribution in [-0.2, 0) is 0 Å². The molecule has 0 saturated heterocycles. The van der Waals surface area contributed by atoms with E-state index >= 15 is 0 Å². The van der Waals surface area contributed by atoms with Gasteiger partial charge in [0.1, 0.15) is 0 Å². The summed E-state index contributed by atoms with van der Waals surface area (Å²) in [6.45, 7) is 4.70. The molecule has 2 rings (SSSR count). The zero-order valence-electron chi connectivity index (χ0n) is 11.5. The van der Waals surface area contributed by atoms with Crippen LogP contribution in [0.4, 0.5) is 0 Å². The van der Waals surface area contributed by atoms with Crippen molar-refractivity contribution in [1.82, 2.24) is 0 Å². The summed E-state index contributed by atoms with van der Waals surface area (Å²) < 4.78 is 0. The van der Waals surface area contributed by atoms with Crippen molar-refractivity contribution >= 4 is 0 Å². The van der Waals surface area contributed by atoms with Crippen LogP contribution in [0.25, 0.3) is 0 Å². The Labute approximate surface area is 111 Å². The third-order valence-corrected chi connectivity index (χ3v) is 4.73. The van der Waals surface area contributed by atoms with Gasteiger partial charge in [0.25, 0.3) is 0 Å². The van der Waals surface area contributed by atoms with Crippen molar-refractivity contribution in [2.24, 2.45) is 11.8 Å². The molecule has 1 atom stereocenters. The highest BCUT2D eigenvalue weighted by atomic mass is 14.3. The highest BCUT2D eigenvalue weighted by molar-refractivity contribution is 5.33. The van der Waals surface area contributed by atoms with Gasteiger partial charge in [-0.2, -0.15) is 5.26 Å². The van der Waals surface area contributed by atoms with Gasteiger partial charge in [-0.05, 0) is 61.1 Å². The van der Waals surface area contributed by atoms with Gasteiger partial charge in [0.15, 0.2) is 0 Å². The average Bonchev–Trinajstić information content (AvgIpc) is 2.47. The molecule has 1 aromatic carbocycles. The van der Waals surface area contributed by atoms with Crippen molar-refractivity contribution in [2.75, 3.05) is 0 Å². The summed E-state index contributed by atoms with van der Waals surface area (Å²) in [5, 5.41) is 8.81. The molecule has 1 heteroatoms. The Morgan fingerprint density at radius 1 is 1.17 bits per heavy atom. The molecular formula is C17H23N. The third-order valence-electron chi connectivity index (χ3n) is 4.73. The first-order chi connectivity index (χ1) is 8.74. The van der Waals surface area contributed by atoms with Crippen molar-refractivity contribution in [2.45, 2.75) is 51.9 Å². The van der Waals surface area contributed by atoms with Gasteiger partial charge in [0, 0.05) is 0 Å². The molecule has 0 aliphatic heterocycles. The van der Waals surface area contributed by atoms with Gasteiger partial charge in [0.05, 0.1) is 11.6 Å². The lowest BCUT2D eigenvalue weighted by molar-refractivity contribution is 0.241. The molecule has 0 bridgehead atoms. The molecule has 1 fully saturated rings. The molecule has 0 aromatic heterocycles. The molecule has 0 heterocycles. The summed E-state index contributed by atoms with van der Waals surface area (Å²) >= 11 is 0. The largest absolute Gasteiger partial charge is 0.192 e. The maximum absolute atomic E-state index is 8.81. The van der Waals surface area contributed by atoms with Crippen LogP contribution in [0.1, 0.15) is 63.0 Å². The molecule has 0 amide bonds. The highest BCUT2D eigenvalue weighted by Crippen LogP contribution is 2.39. The Hall–Kier alpha value is -1.29. The monoisotopic (exact) mass is 241 g/mol. The molecule has 1 nitrogen and oxygen atoms in total. The second-order valence-electron chi connectivity index (χ2n) is 5.73. The van der Waals surface area contributed by atoms with E-state index in [9.17, 15) is 0 Å². The summed E-state index contributed by atoms with van der Waals surface area (Å²) in [5.74, 6) is 2.54. The van der Waals surface area contributed by atoms with E-state index in [1.807, 2.05) is 12.1 Å². The normalized spacial score (nSPS) is 25.4. The van der Waals surface area contributed by atoms with E-state index in [4.69, 9.17) is 5.26 Å². The maximum atomic E-state index is 8.81. The number of rotatable bonds is 3. The van der Waals surface area contributed by atoms with E-state index < -0.39 is 0 Å². The van der Waals surface area contributed by atoms with E-state index in [-0.39, 0.29) is 0 Å². The van der Waals surface area contributed by atoms with E-state index in [2.05, 4.69) is 32.0 Å². The van der Waals surface area contributed by atoms with Gasteiger partial charge in [-0.1, -0.05) is 32.4 Å². The van der Waals surface area contributed by atoms with Crippen molar-refractivity contribution in [1.29, 1.82) is 5.26 Å². The molecule has 1 unspecified atom stereocenters. The number of benzene rings is 1. The second-order valence-corrected chi connectivity index (χ2v) is 5.73. The molecule has 1 aromatic rings. The number of hydrogen-bond acceptors (Lipinski definition) is 1. The molecule has 0 N–H and O–H groups in total. The Morgan fingerprint density at radius 3 is 2.28 bits per heavy atom. The standard InChI is InChI=1S/C17H23N/c1-3-13(2)15-8-10-17(11-9-15)16-6-4-14(12-18)5-7-16/h4-7,13,15,17H,3,8-11H2,1-2H3. The minimum atomic E-state index is 0.720. The van der Waals surface area contributed by atoms with E-state index in [0.29, 0.717) is 0 Å². The van der Waals surface area contributed by atoms with Crippen molar-refractivity contribution in [3.05, 3.63) is 35.4 Å². The number of nitrogens with zero attached hydrogens (tertiary/aromatic N) is 1. The molecule has 0 spiro atoms. The SMILES string of the molecule is CCC(C)C1CCC(c2ccc(C#N)cc2)CC1. The molecular weight excluding hydrogens is 218 g/mol. The predicted molar refractivity (Wildman–Crippen MR) is 75.3 cm³/mol. The van der Waals surface area contributed by atoms with Crippen LogP contribution in [0.15, 0.2) is 24.3 Å². The van der Waals surface area contributed by atoms with Gasteiger partial charge in [-0.15, -0.1) is 0 Å². The van der Waals surface area contributed by atoms with Gasteiger partial charge in [-0.25, -0.2) is 0 Å². The van der Waals surface area contributed by atoms with Crippen LogP contribution >= 0.6 is 0 Å². The third kappa shape index (κ3) is 2.93. The first kappa shape index (κ1) is 13.1. The lowest BCUT2D eigenvalue weighted by atomic mass is 9.73. The molecule has 18 heavy (non-hydrogen) atoms. The van der Waals surface area contributed by atoms with Crippen LogP contribution in [0.3, 0.4) is 0 Å². The van der Waals surface area contributed by atoms with Gasteiger partial charge in [0.2, 0.25) is 0 Å². The smallest absolute Gasteiger partial charge is 0.0991 e. The molecule has 0 radical (unpaired) electrons. The van der Waals surface area contributed by atoms with E-state index in [1.165, 1.54) is 37.7 Å². The summed E-state index contributed by atoms with van der Waals surface area (Å²) in [4.78, 5) is 0. The maximum Gasteiger partial charge on any atom is 0.0991 e. The minimum Gasteiger partial charge on any atom is -0.192 e. The molecule has 1 aliphatic carbocycles. The summed E-state index contributed by atoms with van der Waals surface area (Å²) in [6.07, 6.45) is 6.70. The molecule has 96 valence electrons. The average molecular weight is 241 g/mol. The van der Waals surface area contributed by atoms with Crippen molar-refractivity contribution in [3.63, 3.8) is 0 Å².